The molecule has 0 bridgehead atoms. The molecule has 0 spiro atoms. The third kappa shape index (κ3) is 3.14. The van der Waals surface area contributed by atoms with Crippen molar-refractivity contribution < 1.29 is 0 Å². The van der Waals surface area contributed by atoms with Crippen molar-refractivity contribution in [1.82, 2.24) is 15.2 Å². The van der Waals surface area contributed by atoms with Gasteiger partial charge in [-0.3, -0.25) is 16.0 Å². The van der Waals surface area contributed by atoms with Gasteiger partial charge in [0.1, 0.15) is 0 Å². The van der Waals surface area contributed by atoms with E-state index in [-0.39, 0.29) is 6.04 Å². The molecule has 1 fully saturated rings. The highest BCUT2D eigenvalue weighted by Crippen LogP contribution is 2.30. The van der Waals surface area contributed by atoms with Crippen molar-refractivity contribution >= 4 is 27.3 Å². The standard InChI is InChI=1S/C14H19BrN4S/c15-14-7-10(9-20-14)13(17-16)8-11-5-6-19(18-11)12-3-1-2-4-12/h5-7,9,12-13,17H,1-4,8,16H2. The predicted molar refractivity (Wildman–Crippen MR) is 85.5 cm³/mol. The van der Waals surface area contributed by atoms with Gasteiger partial charge in [0, 0.05) is 12.6 Å². The highest BCUT2D eigenvalue weighted by molar-refractivity contribution is 9.11. The molecular formula is C14H19BrN4S. The van der Waals surface area contributed by atoms with Gasteiger partial charge in [-0.25, -0.2) is 0 Å². The number of hydrogen-bond donors (Lipinski definition) is 2. The number of thiophene rings is 1. The second-order valence-electron chi connectivity index (χ2n) is 5.33. The van der Waals surface area contributed by atoms with E-state index in [9.17, 15) is 0 Å². The first-order chi connectivity index (χ1) is 9.76. The lowest BCUT2D eigenvalue weighted by molar-refractivity contribution is 0.457. The molecule has 4 nitrogen and oxygen atoms in total. The summed E-state index contributed by atoms with van der Waals surface area (Å²) in [5, 5.41) is 6.85. The number of halogens is 1. The molecule has 1 unspecified atom stereocenters. The van der Waals surface area contributed by atoms with Crippen molar-refractivity contribution in [1.29, 1.82) is 0 Å². The summed E-state index contributed by atoms with van der Waals surface area (Å²) < 4.78 is 3.27. The van der Waals surface area contributed by atoms with E-state index in [1.54, 1.807) is 11.3 Å². The molecule has 3 rings (SSSR count). The number of nitrogens with one attached hydrogen (secondary N) is 1. The second kappa shape index (κ2) is 6.39. The highest BCUT2D eigenvalue weighted by Gasteiger charge is 2.19. The number of hydrazine groups is 1. The molecule has 1 aliphatic carbocycles. The van der Waals surface area contributed by atoms with Gasteiger partial charge in [0.25, 0.3) is 0 Å². The zero-order valence-electron chi connectivity index (χ0n) is 11.3. The van der Waals surface area contributed by atoms with E-state index in [4.69, 9.17) is 10.9 Å². The molecule has 1 saturated carbocycles. The van der Waals surface area contributed by atoms with Crippen LogP contribution in [0.4, 0.5) is 0 Å². The van der Waals surface area contributed by atoms with Crippen molar-refractivity contribution in [3.8, 4) is 0 Å². The normalized spacial score (nSPS) is 17.7. The number of aromatic nitrogens is 2. The summed E-state index contributed by atoms with van der Waals surface area (Å²) >= 11 is 5.17. The Bertz CT molecular complexity index is 559. The maximum absolute atomic E-state index is 5.70. The molecule has 0 aliphatic heterocycles. The number of nitrogens with two attached hydrogens (primary N) is 1. The summed E-state index contributed by atoms with van der Waals surface area (Å²) in [7, 11) is 0. The summed E-state index contributed by atoms with van der Waals surface area (Å²) in [4.78, 5) is 0. The molecule has 2 heterocycles. The van der Waals surface area contributed by atoms with E-state index in [0.29, 0.717) is 6.04 Å². The van der Waals surface area contributed by atoms with Crippen LogP contribution in [0.15, 0.2) is 27.5 Å². The lowest BCUT2D eigenvalue weighted by atomic mass is 10.1. The van der Waals surface area contributed by atoms with Crippen LogP contribution >= 0.6 is 27.3 Å². The van der Waals surface area contributed by atoms with E-state index < -0.39 is 0 Å². The Kier molecular flexibility index (Phi) is 4.55. The van der Waals surface area contributed by atoms with E-state index in [1.807, 2.05) is 0 Å². The van der Waals surface area contributed by atoms with Gasteiger partial charge in [0.15, 0.2) is 0 Å². The zero-order valence-corrected chi connectivity index (χ0v) is 13.7. The maximum atomic E-state index is 5.70. The van der Waals surface area contributed by atoms with Crippen LogP contribution in [-0.4, -0.2) is 9.78 Å². The summed E-state index contributed by atoms with van der Waals surface area (Å²) in [5.41, 5.74) is 5.20. The van der Waals surface area contributed by atoms with Gasteiger partial charge in [0.05, 0.1) is 21.6 Å². The van der Waals surface area contributed by atoms with Crippen LogP contribution in [0.2, 0.25) is 0 Å². The smallest absolute Gasteiger partial charge is 0.0701 e. The molecule has 1 aliphatic rings. The number of hydrogen-bond acceptors (Lipinski definition) is 4. The zero-order chi connectivity index (χ0) is 13.9. The topological polar surface area (TPSA) is 55.9 Å². The fourth-order valence-electron chi connectivity index (χ4n) is 2.85. The first kappa shape index (κ1) is 14.3. The SMILES string of the molecule is NNC(Cc1ccn(C2CCCC2)n1)c1csc(Br)c1. The van der Waals surface area contributed by atoms with Crippen LogP contribution in [0.1, 0.15) is 49.0 Å². The first-order valence-corrected chi connectivity index (χ1v) is 8.67. The van der Waals surface area contributed by atoms with E-state index in [1.165, 1.54) is 31.2 Å². The van der Waals surface area contributed by atoms with Crippen molar-refractivity contribution in [3.63, 3.8) is 0 Å². The van der Waals surface area contributed by atoms with Crippen LogP contribution < -0.4 is 11.3 Å². The fraction of sp³-hybridized carbons (Fsp3) is 0.500. The van der Waals surface area contributed by atoms with Gasteiger partial charge in [0.2, 0.25) is 0 Å². The van der Waals surface area contributed by atoms with Gasteiger partial charge in [-0.1, -0.05) is 12.8 Å². The summed E-state index contributed by atoms with van der Waals surface area (Å²) in [5.74, 6) is 5.70. The van der Waals surface area contributed by atoms with Gasteiger partial charge in [-0.15, -0.1) is 11.3 Å². The van der Waals surface area contributed by atoms with Crippen LogP contribution in [0.5, 0.6) is 0 Å². The summed E-state index contributed by atoms with van der Waals surface area (Å²) in [6.07, 6.45) is 8.11. The fourth-order valence-corrected chi connectivity index (χ4v) is 4.08. The minimum absolute atomic E-state index is 0.115. The summed E-state index contributed by atoms with van der Waals surface area (Å²) in [6.45, 7) is 0. The molecule has 108 valence electrons. The lowest BCUT2D eigenvalue weighted by Crippen LogP contribution is -2.29. The summed E-state index contributed by atoms with van der Waals surface area (Å²) in [6, 6.07) is 4.94. The molecule has 0 aromatic carbocycles. The van der Waals surface area contributed by atoms with Gasteiger partial charge in [-0.05, 0) is 51.8 Å². The van der Waals surface area contributed by atoms with E-state index >= 15 is 0 Å². The first-order valence-electron chi connectivity index (χ1n) is 7.00. The highest BCUT2D eigenvalue weighted by atomic mass is 79.9. The van der Waals surface area contributed by atoms with Crippen LogP contribution in [0.3, 0.4) is 0 Å². The van der Waals surface area contributed by atoms with Crippen LogP contribution in [0, 0.1) is 0 Å². The number of rotatable bonds is 5. The Labute approximate surface area is 131 Å². The van der Waals surface area contributed by atoms with Crippen molar-refractivity contribution in [2.75, 3.05) is 0 Å². The largest absolute Gasteiger partial charge is 0.271 e. The molecule has 0 amide bonds. The van der Waals surface area contributed by atoms with Crippen molar-refractivity contribution in [2.24, 2.45) is 5.84 Å². The van der Waals surface area contributed by atoms with Crippen LogP contribution in [0.25, 0.3) is 0 Å². The van der Waals surface area contributed by atoms with Crippen molar-refractivity contribution in [3.05, 3.63) is 38.8 Å². The average Bonchev–Trinajstić information content (AvgIpc) is 3.16. The molecule has 1 atom stereocenters. The molecule has 6 heteroatoms. The molecule has 20 heavy (non-hydrogen) atoms. The molecule has 2 aromatic rings. The third-order valence-corrected chi connectivity index (χ3v) is 5.49. The molecule has 0 saturated heterocycles. The second-order valence-corrected chi connectivity index (χ2v) is 7.62. The van der Waals surface area contributed by atoms with E-state index in [2.05, 4.69) is 49.7 Å². The van der Waals surface area contributed by atoms with Gasteiger partial charge in [-0.2, -0.15) is 5.10 Å². The quantitative estimate of drug-likeness (QED) is 0.637. The Morgan fingerprint density at radius 1 is 1.50 bits per heavy atom. The molecule has 2 aromatic heterocycles. The Balaban J connectivity index is 1.69. The van der Waals surface area contributed by atoms with Crippen LogP contribution in [-0.2, 0) is 6.42 Å². The average molecular weight is 355 g/mol. The molecule has 3 N–H and O–H groups in total. The Hall–Kier alpha value is -0.690. The minimum atomic E-state index is 0.115. The molecular weight excluding hydrogens is 336 g/mol. The maximum Gasteiger partial charge on any atom is 0.0701 e. The minimum Gasteiger partial charge on any atom is -0.271 e. The Morgan fingerprint density at radius 2 is 2.30 bits per heavy atom. The van der Waals surface area contributed by atoms with Crippen molar-refractivity contribution in [2.45, 2.75) is 44.2 Å². The Morgan fingerprint density at radius 3 is 2.95 bits per heavy atom. The van der Waals surface area contributed by atoms with Gasteiger partial charge >= 0.3 is 0 Å². The monoisotopic (exact) mass is 354 g/mol. The third-order valence-electron chi connectivity index (χ3n) is 3.97. The van der Waals surface area contributed by atoms with E-state index in [0.717, 1.165) is 15.9 Å². The predicted octanol–water partition coefficient (Wildman–Crippen LogP) is 3.57. The lowest BCUT2D eigenvalue weighted by Gasteiger charge is -2.13. The van der Waals surface area contributed by atoms with Gasteiger partial charge < -0.3 is 0 Å². The number of nitrogens with zero attached hydrogens (tertiary/aromatic N) is 2. The molecule has 0 radical (unpaired) electrons.